The van der Waals surface area contributed by atoms with Gasteiger partial charge in [0.15, 0.2) is 0 Å². The lowest BCUT2D eigenvalue weighted by Gasteiger charge is -2.08. The first-order chi connectivity index (χ1) is 10.6. The number of carbonyl (C=O) groups is 1. The molecule has 0 heterocycles. The van der Waals surface area contributed by atoms with Crippen molar-refractivity contribution in [3.05, 3.63) is 77.6 Å². The van der Waals surface area contributed by atoms with Crippen LogP contribution in [0.25, 0.3) is 10.8 Å². The molecule has 3 rings (SSSR count). The summed E-state index contributed by atoms with van der Waals surface area (Å²) in [7, 11) is 0. The van der Waals surface area contributed by atoms with Crippen LogP contribution >= 0.6 is 0 Å². The fraction of sp³-hybridized carbons (Fsp3) is 0.0556. The Bertz CT molecular complexity index is 843. The van der Waals surface area contributed by atoms with Crippen molar-refractivity contribution < 1.29 is 19.0 Å². The van der Waals surface area contributed by atoms with Crippen LogP contribution in [0.15, 0.2) is 60.7 Å². The summed E-state index contributed by atoms with van der Waals surface area (Å²) in [5, 5.41) is 11.6. The second-order valence-electron chi connectivity index (χ2n) is 4.89. The predicted molar refractivity (Wildman–Crippen MR) is 81.1 cm³/mol. The fourth-order valence-corrected chi connectivity index (χ4v) is 2.27. The van der Waals surface area contributed by atoms with Gasteiger partial charge in [-0.2, -0.15) is 0 Å². The Kier molecular flexibility index (Phi) is 3.74. The van der Waals surface area contributed by atoms with Crippen LogP contribution in [-0.2, 0) is 11.3 Å². The van der Waals surface area contributed by atoms with Crippen LogP contribution in [-0.4, -0.2) is 11.1 Å². The van der Waals surface area contributed by atoms with E-state index in [1.54, 1.807) is 30.3 Å². The molecule has 0 radical (unpaired) electrons. The van der Waals surface area contributed by atoms with E-state index in [9.17, 15) is 14.3 Å². The molecule has 0 unspecified atom stereocenters. The van der Waals surface area contributed by atoms with Gasteiger partial charge in [-0.05, 0) is 29.1 Å². The lowest BCUT2D eigenvalue weighted by molar-refractivity contribution is 0.0469. The minimum Gasteiger partial charge on any atom is -0.506 e. The van der Waals surface area contributed by atoms with Crippen LogP contribution in [0, 0.1) is 5.82 Å². The normalized spacial score (nSPS) is 10.6. The number of hydrogen-bond donors (Lipinski definition) is 1. The number of carbonyl (C=O) groups excluding carboxylic acids is 1. The van der Waals surface area contributed by atoms with Crippen molar-refractivity contribution in [1.29, 1.82) is 0 Å². The van der Waals surface area contributed by atoms with Gasteiger partial charge in [0.25, 0.3) is 0 Å². The lowest BCUT2D eigenvalue weighted by Crippen LogP contribution is -2.06. The Hall–Kier alpha value is -2.88. The number of hydrogen-bond acceptors (Lipinski definition) is 3. The van der Waals surface area contributed by atoms with E-state index in [1.165, 1.54) is 18.2 Å². The highest BCUT2D eigenvalue weighted by Crippen LogP contribution is 2.29. The van der Waals surface area contributed by atoms with E-state index in [1.807, 2.05) is 12.1 Å². The third-order valence-electron chi connectivity index (χ3n) is 3.38. The van der Waals surface area contributed by atoms with E-state index in [2.05, 4.69) is 0 Å². The topological polar surface area (TPSA) is 46.5 Å². The molecular weight excluding hydrogens is 283 g/mol. The average Bonchev–Trinajstić information content (AvgIpc) is 2.53. The summed E-state index contributed by atoms with van der Waals surface area (Å²) >= 11 is 0. The van der Waals surface area contributed by atoms with Crippen LogP contribution in [0.5, 0.6) is 5.75 Å². The molecule has 0 aliphatic rings. The van der Waals surface area contributed by atoms with Gasteiger partial charge < -0.3 is 9.84 Å². The highest BCUT2D eigenvalue weighted by atomic mass is 19.1. The van der Waals surface area contributed by atoms with Crippen LogP contribution < -0.4 is 0 Å². The molecule has 110 valence electrons. The maximum absolute atomic E-state index is 13.1. The zero-order valence-electron chi connectivity index (χ0n) is 11.6. The highest BCUT2D eigenvalue weighted by Gasteiger charge is 2.15. The number of esters is 1. The Morgan fingerprint density at radius 2 is 1.86 bits per heavy atom. The third kappa shape index (κ3) is 2.76. The molecule has 0 bridgehead atoms. The van der Waals surface area contributed by atoms with Gasteiger partial charge in [0.1, 0.15) is 23.7 Å². The zero-order chi connectivity index (χ0) is 15.5. The van der Waals surface area contributed by atoms with Gasteiger partial charge >= 0.3 is 5.97 Å². The minimum absolute atomic E-state index is 0.0527. The fourth-order valence-electron chi connectivity index (χ4n) is 2.27. The summed E-state index contributed by atoms with van der Waals surface area (Å²) in [4.78, 5) is 12.1. The Balaban J connectivity index is 1.82. The van der Waals surface area contributed by atoms with E-state index in [4.69, 9.17) is 4.74 Å². The zero-order valence-corrected chi connectivity index (χ0v) is 11.6. The van der Waals surface area contributed by atoms with Gasteiger partial charge in [0.2, 0.25) is 0 Å². The summed E-state index contributed by atoms with van der Waals surface area (Å²) in [5.41, 5.74) is 0.642. The minimum atomic E-state index is -0.646. The molecule has 0 amide bonds. The van der Waals surface area contributed by atoms with Crippen molar-refractivity contribution in [2.24, 2.45) is 0 Å². The smallest absolute Gasteiger partial charge is 0.342 e. The number of halogens is 1. The predicted octanol–water partition coefficient (Wildman–Crippen LogP) is 4.04. The van der Waals surface area contributed by atoms with Crippen LogP contribution in [0.4, 0.5) is 4.39 Å². The number of aromatic hydroxyl groups is 1. The molecule has 0 spiro atoms. The van der Waals surface area contributed by atoms with Gasteiger partial charge in [-0.3, -0.25) is 0 Å². The van der Waals surface area contributed by atoms with Crippen molar-refractivity contribution in [2.45, 2.75) is 6.61 Å². The number of phenols is 1. The molecule has 0 aliphatic heterocycles. The van der Waals surface area contributed by atoms with Crippen molar-refractivity contribution in [1.82, 2.24) is 0 Å². The first-order valence-corrected chi connectivity index (χ1v) is 6.77. The van der Waals surface area contributed by atoms with Crippen molar-refractivity contribution in [2.75, 3.05) is 0 Å². The molecule has 1 N–H and O–H groups in total. The van der Waals surface area contributed by atoms with E-state index in [0.29, 0.717) is 10.9 Å². The summed E-state index contributed by atoms with van der Waals surface area (Å²) in [6.45, 7) is -0.0527. The van der Waals surface area contributed by atoms with Gasteiger partial charge in [0, 0.05) is 5.39 Å². The molecule has 3 aromatic rings. The van der Waals surface area contributed by atoms with E-state index >= 15 is 0 Å². The second kappa shape index (κ2) is 5.85. The molecule has 0 atom stereocenters. The largest absolute Gasteiger partial charge is 0.506 e. The summed E-state index contributed by atoms with van der Waals surface area (Å²) < 4.78 is 18.2. The average molecular weight is 296 g/mol. The SMILES string of the molecule is O=C(OCc1cccc(F)c1)c1ccc2ccccc2c1O. The molecule has 0 saturated carbocycles. The number of ether oxygens (including phenoxy) is 1. The standard InChI is InChI=1S/C18H13FO3/c19-14-6-3-4-12(10-14)11-22-18(21)16-9-8-13-5-1-2-7-15(13)17(16)20/h1-10,20H,11H2. The molecule has 3 aromatic carbocycles. The van der Waals surface area contributed by atoms with Crippen molar-refractivity contribution in [3.63, 3.8) is 0 Å². The Morgan fingerprint density at radius 3 is 2.68 bits per heavy atom. The Morgan fingerprint density at radius 1 is 1.05 bits per heavy atom. The van der Waals surface area contributed by atoms with Gasteiger partial charge in [-0.1, -0.05) is 42.5 Å². The highest BCUT2D eigenvalue weighted by molar-refractivity contribution is 6.01. The van der Waals surface area contributed by atoms with Crippen molar-refractivity contribution in [3.8, 4) is 5.75 Å². The van der Waals surface area contributed by atoms with Crippen LogP contribution in [0.3, 0.4) is 0 Å². The number of phenolic OH excluding ortho intramolecular Hbond substituents is 1. The van der Waals surface area contributed by atoms with Crippen molar-refractivity contribution >= 4 is 16.7 Å². The number of benzene rings is 3. The maximum Gasteiger partial charge on any atom is 0.342 e. The summed E-state index contributed by atoms with van der Waals surface area (Å²) in [6.07, 6.45) is 0. The van der Waals surface area contributed by atoms with Crippen LogP contribution in [0.1, 0.15) is 15.9 Å². The number of fused-ring (bicyclic) bond motifs is 1. The number of rotatable bonds is 3. The molecule has 0 fully saturated rings. The molecule has 0 aromatic heterocycles. The van der Waals surface area contributed by atoms with E-state index in [0.717, 1.165) is 5.39 Å². The Labute approximate surface area is 126 Å². The lowest BCUT2D eigenvalue weighted by atomic mass is 10.1. The molecule has 3 nitrogen and oxygen atoms in total. The summed E-state index contributed by atoms with van der Waals surface area (Å²) in [6, 6.07) is 16.3. The second-order valence-corrected chi connectivity index (χ2v) is 4.89. The van der Waals surface area contributed by atoms with Gasteiger partial charge in [0.05, 0.1) is 0 Å². The van der Waals surface area contributed by atoms with Gasteiger partial charge in [-0.15, -0.1) is 0 Å². The molecule has 0 saturated heterocycles. The first kappa shape index (κ1) is 14.1. The maximum atomic E-state index is 13.1. The summed E-state index contributed by atoms with van der Waals surface area (Å²) in [5.74, 6) is -1.14. The van der Waals surface area contributed by atoms with E-state index in [-0.39, 0.29) is 23.7 Å². The molecular formula is C18H13FO3. The third-order valence-corrected chi connectivity index (χ3v) is 3.38. The monoisotopic (exact) mass is 296 g/mol. The first-order valence-electron chi connectivity index (χ1n) is 6.77. The quantitative estimate of drug-likeness (QED) is 0.742. The van der Waals surface area contributed by atoms with E-state index < -0.39 is 5.97 Å². The molecule has 4 heteroatoms. The molecule has 0 aliphatic carbocycles. The van der Waals surface area contributed by atoms with Gasteiger partial charge in [-0.25, -0.2) is 9.18 Å². The van der Waals surface area contributed by atoms with Crippen LogP contribution in [0.2, 0.25) is 0 Å². The molecule has 22 heavy (non-hydrogen) atoms.